The molecule has 0 spiro atoms. The first kappa shape index (κ1) is 30.0. The fraction of sp³-hybridized carbons (Fsp3) is 0.188. The lowest BCUT2D eigenvalue weighted by Crippen LogP contribution is -2.39. The van der Waals surface area contributed by atoms with E-state index in [0.29, 0.717) is 39.6 Å². The van der Waals surface area contributed by atoms with Crippen LogP contribution in [0.1, 0.15) is 33.4 Å². The van der Waals surface area contributed by atoms with E-state index >= 15 is 0 Å². The number of amides is 1. The zero-order valence-electron chi connectivity index (χ0n) is 23.2. The number of sulfonamides is 1. The lowest BCUT2D eigenvalue weighted by atomic mass is 10.1. The van der Waals surface area contributed by atoms with Gasteiger partial charge >= 0.3 is 0 Å². The molecule has 0 saturated carbocycles. The number of nitrogens with zero attached hydrogens (tertiary/aromatic N) is 2. The van der Waals surface area contributed by atoms with E-state index < -0.39 is 22.5 Å². The van der Waals surface area contributed by atoms with E-state index in [2.05, 4.69) is 10.5 Å². The third-order valence-electron chi connectivity index (χ3n) is 6.30. The molecule has 9 heteroatoms. The smallest absolute Gasteiger partial charge is 0.255 e. The van der Waals surface area contributed by atoms with Crippen molar-refractivity contribution in [2.24, 2.45) is 5.10 Å². The number of benzene rings is 4. The highest BCUT2D eigenvalue weighted by atomic mass is 35.5. The number of rotatable bonds is 11. The van der Waals surface area contributed by atoms with Crippen molar-refractivity contribution in [2.75, 3.05) is 6.54 Å². The van der Waals surface area contributed by atoms with Gasteiger partial charge in [-0.25, -0.2) is 13.8 Å². The molecule has 0 aromatic heterocycles. The minimum atomic E-state index is -4.02. The number of carbonyl (C=O) groups excluding carboxylic acids is 1. The molecule has 0 bridgehead atoms. The van der Waals surface area contributed by atoms with Gasteiger partial charge in [-0.05, 0) is 72.9 Å². The van der Waals surface area contributed by atoms with Gasteiger partial charge in [0.25, 0.3) is 5.91 Å². The number of aryl methyl sites for hydroxylation is 3. The van der Waals surface area contributed by atoms with Gasteiger partial charge in [0.15, 0.2) is 0 Å². The summed E-state index contributed by atoms with van der Waals surface area (Å²) < 4.78 is 34.7. The molecule has 1 N–H and O–H groups in total. The molecule has 212 valence electrons. The normalized spacial score (nSPS) is 11.6. The fourth-order valence-electron chi connectivity index (χ4n) is 4.52. The summed E-state index contributed by atoms with van der Waals surface area (Å²) in [7, 11) is -4.02. The highest BCUT2D eigenvalue weighted by Gasteiger charge is 2.30. The molecule has 7 nitrogen and oxygen atoms in total. The molecular weight excluding hydrogens is 558 g/mol. The Morgan fingerprint density at radius 2 is 1.59 bits per heavy atom. The topological polar surface area (TPSA) is 88.1 Å². The summed E-state index contributed by atoms with van der Waals surface area (Å²) in [4.78, 5) is 13.1. The van der Waals surface area contributed by atoms with Crippen LogP contribution >= 0.6 is 11.6 Å². The van der Waals surface area contributed by atoms with Gasteiger partial charge in [0.05, 0.1) is 17.7 Å². The quantitative estimate of drug-likeness (QED) is 0.167. The van der Waals surface area contributed by atoms with Gasteiger partial charge in [0.2, 0.25) is 10.0 Å². The van der Waals surface area contributed by atoms with Crippen LogP contribution in [0.2, 0.25) is 5.02 Å². The van der Waals surface area contributed by atoms with Crippen LogP contribution in [-0.2, 0) is 28.0 Å². The van der Waals surface area contributed by atoms with Crippen molar-refractivity contribution in [1.29, 1.82) is 0 Å². The average Bonchev–Trinajstić information content (AvgIpc) is 2.93. The molecule has 0 aliphatic carbocycles. The maximum atomic E-state index is 13.9. The molecule has 4 aromatic carbocycles. The molecule has 0 aliphatic heterocycles. The molecule has 0 heterocycles. The molecule has 0 atom stereocenters. The van der Waals surface area contributed by atoms with Crippen molar-refractivity contribution in [2.45, 2.75) is 38.8 Å². The summed E-state index contributed by atoms with van der Waals surface area (Å²) in [5.74, 6) is 0.0888. The summed E-state index contributed by atoms with van der Waals surface area (Å²) in [5, 5.41) is 4.59. The van der Waals surface area contributed by atoms with Crippen molar-refractivity contribution >= 4 is 33.7 Å². The summed E-state index contributed by atoms with van der Waals surface area (Å²) in [6, 6.07) is 27.6. The van der Waals surface area contributed by atoms with Gasteiger partial charge in [0.1, 0.15) is 12.4 Å². The second-order valence-corrected chi connectivity index (χ2v) is 12.1. The van der Waals surface area contributed by atoms with E-state index in [-0.39, 0.29) is 11.4 Å². The first-order valence-electron chi connectivity index (χ1n) is 13.0. The Bertz CT molecular complexity index is 1620. The summed E-state index contributed by atoms with van der Waals surface area (Å²) in [5.41, 5.74) is 7.13. The van der Waals surface area contributed by atoms with Gasteiger partial charge in [-0.3, -0.25) is 4.79 Å². The maximum absolute atomic E-state index is 13.9. The third kappa shape index (κ3) is 8.27. The van der Waals surface area contributed by atoms with Crippen LogP contribution in [0.4, 0.5) is 0 Å². The molecule has 0 unspecified atom stereocenters. The molecule has 4 rings (SSSR count). The number of hydrogen-bond donors (Lipinski definition) is 1. The zero-order chi connectivity index (χ0) is 29.4. The highest BCUT2D eigenvalue weighted by molar-refractivity contribution is 7.89. The standard InChI is InChI=1S/C32H32ClN3O4S/c1-23-16-24(2)32(25(3)17-23)41(38,39)36(20-26-12-14-29(33)15-13-26)21-31(37)35-34-19-28-10-7-11-30(18-28)40-22-27-8-5-4-6-9-27/h4-19H,20-22H2,1-3H3,(H,35,37)/b34-19+. The minimum Gasteiger partial charge on any atom is -0.489 e. The Kier molecular flexibility index (Phi) is 9.94. The number of ether oxygens (including phenoxy) is 1. The zero-order valence-corrected chi connectivity index (χ0v) is 24.7. The Morgan fingerprint density at radius 1 is 0.902 bits per heavy atom. The molecule has 0 fully saturated rings. The second-order valence-electron chi connectivity index (χ2n) is 9.77. The van der Waals surface area contributed by atoms with E-state index in [1.54, 1.807) is 44.2 Å². The van der Waals surface area contributed by atoms with E-state index in [0.717, 1.165) is 15.4 Å². The largest absolute Gasteiger partial charge is 0.489 e. The van der Waals surface area contributed by atoms with Crippen LogP contribution in [0, 0.1) is 20.8 Å². The molecule has 41 heavy (non-hydrogen) atoms. The molecule has 0 aliphatic rings. The van der Waals surface area contributed by atoms with Gasteiger partial charge in [-0.2, -0.15) is 9.41 Å². The molecule has 0 saturated heterocycles. The minimum absolute atomic E-state index is 0.00973. The Labute approximate surface area is 246 Å². The van der Waals surface area contributed by atoms with Crippen LogP contribution < -0.4 is 10.2 Å². The number of hydrogen-bond acceptors (Lipinski definition) is 5. The van der Waals surface area contributed by atoms with Gasteiger partial charge < -0.3 is 4.74 Å². The van der Waals surface area contributed by atoms with Crippen LogP contribution in [-0.4, -0.2) is 31.4 Å². The Hall–Kier alpha value is -3.98. The highest BCUT2D eigenvalue weighted by Crippen LogP contribution is 2.27. The molecular formula is C32H32ClN3O4S. The summed E-state index contributed by atoms with van der Waals surface area (Å²) in [6.07, 6.45) is 1.49. The van der Waals surface area contributed by atoms with Gasteiger partial charge in [0, 0.05) is 11.6 Å². The SMILES string of the molecule is Cc1cc(C)c(S(=O)(=O)N(CC(=O)N/N=C/c2cccc(OCc3ccccc3)c2)Cc2ccc(Cl)cc2)c(C)c1. The number of nitrogens with one attached hydrogen (secondary N) is 1. The second kappa shape index (κ2) is 13.6. The van der Waals surface area contributed by atoms with E-state index in [1.807, 2.05) is 67.6 Å². The van der Waals surface area contributed by atoms with Crippen molar-refractivity contribution < 1.29 is 17.9 Å². The number of hydrazone groups is 1. The third-order valence-corrected chi connectivity index (χ3v) is 8.65. The monoisotopic (exact) mass is 589 g/mol. The van der Waals surface area contributed by atoms with E-state index in [9.17, 15) is 13.2 Å². The number of carbonyl (C=O) groups is 1. The molecule has 4 aromatic rings. The van der Waals surface area contributed by atoms with Crippen LogP contribution in [0.5, 0.6) is 5.75 Å². The summed E-state index contributed by atoms with van der Waals surface area (Å²) >= 11 is 6.02. The average molecular weight is 590 g/mol. The van der Waals surface area contributed by atoms with Crippen molar-refractivity contribution in [3.05, 3.63) is 129 Å². The lowest BCUT2D eigenvalue weighted by Gasteiger charge is -2.24. The molecule has 0 radical (unpaired) electrons. The number of halogens is 1. The fourth-order valence-corrected chi connectivity index (χ4v) is 6.44. The molecule has 1 amide bonds. The van der Waals surface area contributed by atoms with Crippen LogP contribution in [0.25, 0.3) is 0 Å². The van der Waals surface area contributed by atoms with Crippen molar-refractivity contribution in [1.82, 2.24) is 9.73 Å². The Balaban J connectivity index is 1.48. The van der Waals surface area contributed by atoms with Crippen LogP contribution in [0.15, 0.2) is 101 Å². The first-order valence-corrected chi connectivity index (χ1v) is 14.8. The van der Waals surface area contributed by atoms with Gasteiger partial charge in [-0.1, -0.05) is 83.9 Å². The van der Waals surface area contributed by atoms with Crippen molar-refractivity contribution in [3.63, 3.8) is 0 Å². The van der Waals surface area contributed by atoms with Crippen molar-refractivity contribution in [3.8, 4) is 5.75 Å². The Morgan fingerprint density at radius 3 is 2.27 bits per heavy atom. The summed E-state index contributed by atoms with van der Waals surface area (Å²) in [6.45, 7) is 5.43. The first-order chi connectivity index (χ1) is 19.6. The predicted molar refractivity (Wildman–Crippen MR) is 163 cm³/mol. The predicted octanol–water partition coefficient (Wildman–Crippen LogP) is 6.19. The van der Waals surface area contributed by atoms with E-state index in [4.69, 9.17) is 16.3 Å². The van der Waals surface area contributed by atoms with Crippen LogP contribution in [0.3, 0.4) is 0 Å². The van der Waals surface area contributed by atoms with E-state index in [1.165, 1.54) is 6.21 Å². The maximum Gasteiger partial charge on any atom is 0.255 e. The van der Waals surface area contributed by atoms with Gasteiger partial charge in [-0.15, -0.1) is 0 Å². The lowest BCUT2D eigenvalue weighted by molar-refractivity contribution is -0.121.